The highest BCUT2D eigenvalue weighted by Crippen LogP contribution is 2.44. The van der Waals surface area contributed by atoms with E-state index in [-0.39, 0.29) is 35.5 Å². The number of ketones is 1. The summed E-state index contributed by atoms with van der Waals surface area (Å²) in [6, 6.07) is 6.73. The highest BCUT2D eigenvalue weighted by Gasteiger charge is 2.40. The number of aliphatic hydroxyl groups excluding tert-OH is 1. The lowest BCUT2D eigenvalue weighted by Gasteiger charge is -2.33. The van der Waals surface area contributed by atoms with Gasteiger partial charge in [0.2, 0.25) is 5.88 Å². The molecule has 8 nitrogen and oxygen atoms in total. The van der Waals surface area contributed by atoms with E-state index in [1.54, 1.807) is 24.3 Å². The van der Waals surface area contributed by atoms with E-state index in [1.165, 1.54) is 21.2 Å². The zero-order chi connectivity index (χ0) is 22.4. The molecule has 2 aromatic rings. The van der Waals surface area contributed by atoms with Crippen LogP contribution in [0.1, 0.15) is 43.7 Å². The van der Waals surface area contributed by atoms with Crippen molar-refractivity contribution in [2.75, 3.05) is 7.11 Å². The summed E-state index contributed by atoms with van der Waals surface area (Å²) in [7, 11) is 4.13. The van der Waals surface area contributed by atoms with E-state index in [2.05, 4.69) is 0 Å². The summed E-state index contributed by atoms with van der Waals surface area (Å²) in [5, 5.41) is 21.6. The van der Waals surface area contributed by atoms with Crippen LogP contribution in [0.25, 0.3) is 0 Å². The second kappa shape index (κ2) is 7.51. The van der Waals surface area contributed by atoms with E-state index in [1.807, 2.05) is 13.8 Å². The van der Waals surface area contributed by atoms with E-state index < -0.39 is 28.5 Å². The number of rotatable bonds is 4. The van der Waals surface area contributed by atoms with Gasteiger partial charge in [0, 0.05) is 32.5 Å². The monoisotopic (exact) mass is 414 g/mol. The van der Waals surface area contributed by atoms with Crippen LogP contribution in [-0.4, -0.2) is 32.2 Å². The third kappa shape index (κ3) is 3.53. The molecule has 1 aromatic carbocycles. The Morgan fingerprint density at radius 2 is 1.73 bits per heavy atom. The maximum absolute atomic E-state index is 13.1. The number of hydrogen-bond acceptors (Lipinski definition) is 6. The molecule has 1 aliphatic rings. The zero-order valence-corrected chi connectivity index (χ0v) is 17.7. The lowest BCUT2D eigenvalue weighted by Crippen LogP contribution is -2.40. The fourth-order valence-corrected chi connectivity index (χ4v) is 4.04. The van der Waals surface area contributed by atoms with Crippen molar-refractivity contribution in [1.82, 2.24) is 9.13 Å². The minimum atomic E-state index is -1.06. The molecule has 1 aromatic heterocycles. The molecule has 1 atom stereocenters. The van der Waals surface area contributed by atoms with E-state index in [0.717, 1.165) is 9.13 Å². The number of carbonyl (C=O) groups is 1. The molecule has 1 unspecified atom stereocenters. The van der Waals surface area contributed by atoms with Crippen molar-refractivity contribution in [3.05, 3.63) is 67.6 Å². The van der Waals surface area contributed by atoms with Gasteiger partial charge in [-0.3, -0.25) is 18.7 Å². The number of carbonyl (C=O) groups excluding carboxylic acids is 1. The second-order valence-electron chi connectivity index (χ2n) is 8.45. The summed E-state index contributed by atoms with van der Waals surface area (Å²) in [6.07, 6.45) is 0.432. The van der Waals surface area contributed by atoms with Crippen LogP contribution in [0.2, 0.25) is 0 Å². The predicted molar refractivity (Wildman–Crippen MR) is 111 cm³/mol. The van der Waals surface area contributed by atoms with Crippen LogP contribution in [0.4, 0.5) is 0 Å². The van der Waals surface area contributed by atoms with Crippen LogP contribution in [0.15, 0.2) is 45.2 Å². The SMILES string of the molecule is COc1cccc(C(C2=C(O)CC(C)(C)CC2=O)c2c(O)n(C)c(=O)n(C)c2=O)c1. The van der Waals surface area contributed by atoms with Crippen molar-refractivity contribution in [1.29, 1.82) is 0 Å². The molecule has 1 heterocycles. The topological polar surface area (TPSA) is 111 Å². The van der Waals surface area contributed by atoms with Crippen LogP contribution >= 0.6 is 0 Å². The van der Waals surface area contributed by atoms with Gasteiger partial charge in [0.1, 0.15) is 11.5 Å². The van der Waals surface area contributed by atoms with Gasteiger partial charge in [-0.1, -0.05) is 26.0 Å². The minimum Gasteiger partial charge on any atom is -0.512 e. The van der Waals surface area contributed by atoms with Crippen LogP contribution in [0.3, 0.4) is 0 Å². The lowest BCUT2D eigenvalue weighted by atomic mass is 9.71. The average molecular weight is 414 g/mol. The molecule has 0 aliphatic heterocycles. The Hall–Kier alpha value is -3.29. The first-order chi connectivity index (χ1) is 14.0. The van der Waals surface area contributed by atoms with Gasteiger partial charge in [-0.15, -0.1) is 0 Å². The Morgan fingerprint density at radius 3 is 2.33 bits per heavy atom. The average Bonchev–Trinajstić information content (AvgIpc) is 2.68. The van der Waals surface area contributed by atoms with E-state index >= 15 is 0 Å². The first kappa shape index (κ1) is 21.4. The van der Waals surface area contributed by atoms with Gasteiger partial charge in [0.25, 0.3) is 5.56 Å². The van der Waals surface area contributed by atoms with E-state index in [9.17, 15) is 24.6 Å². The number of ether oxygens (including phenoxy) is 1. The van der Waals surface area contributed by atoms with Gasteiger partial charge in [0.05, 0.1) is 18.6 Å². The first-order valence-electron chi connectivity index (χ1n) is 9.56. The third-order valence-corrected chi connectivity index (χ3v) is 5.57. The van der Waals surface area contributed by atoms with Gasteiger partial charge >= 0.3 is 5.69 Å². The molecule has 0 bridgehead atoms. The van der Waals surface area contributed by atoms with Crippen molar-refractivity contribution >= 4 is 5.78 Å². The summed E-state index contributed by atoms with van der Waals surface area (Å²) in [5.41, 5.74) is -1.48. The summed E-state index contributed by atoms with van der Waals surface area (Å²) in [4.78, 5) is 38.4. The Labute approximate surface area is 173 Å². The third-order valence-electron chi connectivity index (χ3n) is 5.57. The molecule has 0 saturated carbocycles. The molecule has 1 aliphatic carbocycles. The first-order valence-corrected chi connectivity index (χ1v) is 9.56. The summed E-state index contributed by atoms with van der Waals surface area (Å²) < 4.78 is 7.09. The quantitative estimate of drug-likeness (QED) is 0.793. The van der Waals surface area contributed by atoms with E-state index in [0.29, 0.717) is 11.3 Å². The molecule has 0 amide bonds. The summed E-state index contributed by atoms with van der Waals surface area (Å²) in [6.45, 7) is 3.75. The van der Waals surface area contributed by atoms with Crippen LogP contribution in [-0.2, 0) is 18.9 Å². The number of allylic oxidation sites excluding steroid dienone is 2. The number of hydrogen-bond donors (Lipinski definition) is 2. The van der Waals surface area contributed by atoms with Gasteiger partial charge in [-0.2, -0.15) is 0 Å². The molecule has 2 N–H and O–H groups in total. The molecule has 0 radical (unpaired) electrons. The molecule has 30 heavy (non-hydrogen) atoms. The Kier molecular flexibility index (Phi) is 5.36. The molecule has 0 fully saturated rings. The van der Waals surface area contributed by atoms with E-state index in [4.69, 9.17) is 4.74 Å². The standard InChI is InChI=1S/C22H26N2O6/c1-22(2)10-14(25)17(15(26)11-22)16(12-7-6-8-13(9-12)30-5)18-19(27)23(3)21(29)24(4)20(18)28/h6-9,16,25,27H,10-11H2,1-5H3. The fourth-order valence-electron chi connectivity index (χ4n) is 4.04. The maximum Gasteiger partial charge on any atom is 0.333 e. The maximum atomic E-state index is 13.1. The van der Waals surface area contributed by atoms with Crippen molar-refractivity contribution < 1.29 is 19.7 Å². The fraction of sp³-hybridized carbons (Fsp3) is 0.409. The Balaban J connectivity index is 2.41. The van der Waals surface area contributed by atoms with Crippen LogP contribution in [0.5, 0.6) is 11.6 Å². The molecule has 8 heteroatoms. The molecule has 160 valence electrons. The van der Waals surface area contributed by atoms with Gasteiger partial charge in [-0.05, 0) is 23.1 Å². The molecular formula is C22H26N2O6. The number of aromatic hydroxyl groups is 1. The van der Waals surface area contributed by atoms with Gasteiger partial charge < -0.3 is 14.9 Å². The normalized spacial score (nSPS) is 17.2. The number of aromatic nitrogens is 2. The number of Topliss-reactive ketones (excluding diaryl/α,β-unsaturated/α-hetero) is 1. The number of benzene rings is 1. The highest BCUT2D eigenvalue weighted by atomic mass is 16.5. The summed E-state index contributed by atoms with van der Waals surface area (Å²) in [5.74, 6) is -1.56. The van der Waals surface area contributed by atoms with Gasteiger partial charge in [0.15, 0.2) is 5.78 Å². The molecule has 0 spiro atoms. The number of nitrogens with zero attached hydrogens (tertiary/aromatic N) is 2. The molecular weight excluding hydrogens is 388 g/mol. The second-order valence-corrected chi connectivity index (χ2v) is 8.45. The number of methoxy groups -OCH3 is 1. The predicted octanol–water partition coefficient (Wildman–Crippen LogP) is 2.13. The van der Waals surface area contributed by atoms with Crippen LogP contribution in [0, 0.1) is 5.41 Å². The van der Waals surface area contributed by atoms with Crippen molar-refractivity contribution in [3.63, 3.8) is 0 Å². The van der Waals surface area contributed by atoms with Gasteiger partial charge in [-0.25, -0.2) is 4.79 Å². The van der Waals surface area contributed by atoms with Crippen LogP contribution < -0.4 is 16.0 Å². The summed E-state index contributed by atoms with van der Waals surface area (Å²) >= 11 is 0. The Morgan fingerprint density at radius 1 is 1.07 bits per heavy atom. The van der Waals surface area contributed by atoms with Crippen molar-refractivity contribution in [2.24, 2.45) is 19.5 Å². The van der Waals surface area contributed by atoms with Crippen molar-refractivity contribution in [2.45, 2.75) is 32.6 Å². The zero-order valence-electron chi connectivity index (χ0n) is 17.7. The number of aliphatic hydroxyl groups is 1. The van der Waals surface area contributed by atoms with Crippen molar-refractivity contribution in [3.8, 4) is 11.6 Å². The highest BCUT2D eigenvalue weighted by molar-refractivity contribution is 5.99. The molecule has 0 saturated heterocycles. The minimum absolute atomic E-state index is 0.0497. The molecule has 3 rings (SSSR count). The Bertz CT molecular complexity index is 1170. The smallest absolute Gasteiger partial charge is 0.333 e. The largest absolute Gasteiger partial charge is 0.512 e. The lowest BCUT2D eigenvalue weighted by molar-refractivity contribution is -0.118.